The fraction of sp³-hybridized carbons (Fsp3) is 0.200. The number of rotatable bonds is 7. The van der Waals surface area contributed by atoms with Gasteiger partial charge in [0.1, 0.15) is 0 Å². The summed E-state index contributed by atoms with van der Waals surface area (Å²) in [5.74, 6) is -0.313. The fourth-order valence-corrected chi connectivity index (χ4v) is 3.97. The molecule has 5 heteroatoms. The van der Waals surface area contributed by atoms with E-state index in [4.69, 9.17) is 11.6 Å². The number of likely N-dealkylation sites (N-methyl/N-ethyl adjacent to an activating group) is 1. The molecule has 0 bridgehead atoms. The van der Waals surface area contributed by atoms with Crippen LogP contribution in [-0.4, -0.2) is 29.8 Å². The topological polar surface area (TPSA) is 49.4 Å². The van der Waals surface area contributed by atoms with E-state index < -0.39 is 5.54 Å². The van der Waals surface area contributed by atoms with Gasteiger partial charge in [-0.05, 0) is 49.7 Å². The van der Waals surface area contributed by atoms with Crippen molar-refractivity contribution in [3.63, 3.8) is 0 Å². The van der Waals surface area contributed by atoms with Crippen molar-refractivity contribution in [1.82, 2.24) is 10.2 Å². The maximum Gasteiger partial charge on any atom is 0.254 e. The second-order valence-corrected chi connectivity index (χ2v) is 7.63. The van der Waals surface area contributed by atoms with Crippen molar-refractivity contribution in [3.8, 4) is 0 Å². The number of nitrogens with zero attached hydrogens (tertiary/aromatic N) is 1. The van der Waals surface area contributed by atoms with E-state index in [-0.39, 0.29) is 18.4 Å². The lowest BCUT2D eigenvalue weighted by Gasteiger charge is -2.42. The minimum atomic E-state index is -0.843. The number of hydrogen-bond donors (Lipinski definition) is 1. The first-order valence-electron chi connectivity index (χ1n) is 9.92. The molecule has 1 atom stereocenters. The van der Waals surface area contributed by atoms with Crippen LogP contribution in [0.15, 0.2) is 84.9 Å². The van der Waals surface area contributed by atoms with Crippen LogP contribution >= 0.6 is 11.6 Å². The van der Waals surface area contributed by atoms with E-state index in [1.54, 1.807) is 35.2 Å². The minimum absolute atomic E-state index is 0.116. The van der Waals surface area contributed by atoms with Gasteiger partial charge in [0.2, 0.25) is 0 Å². The molecule has 0 aromatic heterocycles. The third kappa shape index (κ3) is 4.55. The first-order chi connectivity index (χ1) is 14.5. The van der Waals surface area contributed by atoms with Crippen molar-refractivity contribution in [1.29, 1.82) is 0 Å². The van der Waals surface area contributed by atoms with E-state index >= 15 is 0 Å². The van der Waals surface area contributed by atoms with Gasteiger partial charge < -0.3 is 10.2 Å². The average molecular weight is 421 g/mol. The summed E-state index contributed by atoms with van der Waals surface area (Å²) in [7, 11) is 0. The second kappa shape index (κ2) is 9.59. The van der Waals surface area contributed by atoms with Crippen LogP contribution in [0, 0.1) is 0 Å². The van der Waals surface area contributed by atoms with Crippen LogP contribution in [0.2, 0.25) is 5.02 Å². The Labute approximate surface area is 182 Å². The molecule has 154 valence electrons. The van der Waals surface area contributed by atoms with Gasteiger partial charge in [-0.15, -0.1) is 0 Å². The van der Waals surface area contributed by atoms with Crippen LogP contribution in [0.25, 0.3) is 0 Å². The molecule has 2 amide bonds. The highest BCUT2D eigenvalue weighted by Crippen LogP contribution is 2.34. The van der Waals surface area contributed by atoms with Crippen molar-refractivity contribution < 1.29 is 9.59 Å². The van der Waals surface area contributed by atoms with E-state index in [2.05, 4.69) is 5.32 Å². The third-order valence-electron chi connectivity index (χ3n) is 5.26. The zero-order chi connectivity index (χ0) is 21.6. The van der Waals surface area contributed by atoms with Gasteiger partial charge in [-0.1, -0.05) is 66.2 Å². The molecule has 0 fully saturated rings. The molecule has 0 saturated carbocycles. The lowest BCUT2D eigenvalue weighted by Crippen LogP contribution is -2.54. The van der Waals surface area contributed by atoms with Crippen molar-refractivity contribution in [2.45, 2.75) is 19.4 Å². The summed E-state index contributed by atoms with van der Waals surface area (Å²) in [5, 5.41) is 3.54. The van der Waals surface area contributed by atoms with E-state index in [9.17, 15) is 9.59 Å². The molecule has 3 aromatic carbocycles. The second-order valence-electron chi connectivity index (χ2n) is 7.22. The van der Waals surface area contributed by atoms with Crippen LogP contribution in [0.3, 0.4) is 0 Å². The molecule has 4 nitrogen and oxygen atoms in total. The summed E-state index contributed by atoms with van der Waals surface area (Å²) in [4.78, 5) is 27.9. The standard InChI is InChI=1S/C25H25ClN2O2/c1-3-28(24(30)20-14-8-5-9-15-20)25(2,21-16-10-11-17-22(21)26)18-27-23(29)19-12-6-4-7-13-19/h4-17H,3,18H2,1-2H3,(H,27,29)/t25-/m0/s1. The van der Waals surface area contributed by atoms with Crippen LogP contribution in [0.5, 0.6) is 0 Å². The summed E-state index contributed by atoms with van der Waals surface area (Å²) in [6, 6.07) is 25.6. The van der Waals surface area contributed by atoms with Crippen LogP contribution in [0.1, 0.15) is 40.1 Å². The number of amides is 2. The van der Waals surface area contributed by atoms with E-state index in [1.807, 2.05) is 68.4 Å². The van der Waals surface area contributed by atoms with E-state index in [1.165, 1.54) is 0 Å². The molecule has 0 heterocycles. The minimum Gasteiger partial charge on any atom is -0.349 e. The summed E-state index contributed by atoms with van der Waals surface area (Å²) < 4.78 is 0. The maximum atomic E-state index is 13.4. The molecular weight excluding hydrogens is 396 g/mol. The number of hydrogen-bond acceptors (Lipinski definition) is 2. The monoisotopic (exact) mass is 420 g/mol. The van der Waals surface area contributed by atoms with Gasteiger partial charge in [0.15, 0.2) is 0 Å². The number of benzene rings is 3. The van der Waals surface area contributed by atoms with Crippen LogP contribution in [-0.2, 0) is 5.54 Å². The lowest BCUT2D eigenvalue weighted by atomic mass is 9.88. The van der Waals surface area contributed by atoms with Crippen LogP contribution in [0.4, 0.5) is 0 Å². The Kier molecular flexibility index (Phi) is 6.91. The number of carbonyl (C=O) groups is 2. The smallest absolute Gasteiger partial charge is 0.254 e. The molecule has 0 radical (unpaired) electrons. The van der Waals surface area contributed by atoms with Crippen molar-refractivity contribution >= 4 is 23.4 Å². The quantitative estimate of drug-likeness (QED) is 0.574. The molecule has 0 unspecified atom stereocenters. The maximum absolute atomic E-state index is 13.4. The number of halogens is 1. The summed E-state index contributed by atoms with van der Waals surface area (Å²) >= 11 is 6.54. The van der Waals surface area contributed by atoms with Crippen molar-refractivity contribution in [2.75, 3.05) is 13.1 Å². The molecule has 30 heavy (non-hydrogen) atoms. The Morgan fingerprint density at radius 1 is 0.867 bits per heavy atom. The molecule has 0 aliphatic heterocycles. The van der Waals surface area contributed by atoms with Gasteiger partial charge in [-0.3, -0.25) is 9.59 Å². The molecule has 0 aliphatic carbocycles. The Morgan fingerprint density at radius 3 is 1.97 bits per heavy atom. The summed E-state index contributed by atoms with van der Waals surface area (Å²) in [6.07, 6.45) is 0. The van der Waals surface area contributed by atoms with Gasteiger partial charge >= 0.3 is 0 Å². The van der Waals surface area contributed by atoms with E-state index in [0.29, 0.717) is 22.7 Å². The SMILES string of the molecule is CCN(C(=O)c1ccccc1)[C@@](C)(CNC(=O)c1ccccc1)c1ccccc1Cl. The predicted molar refractivity (Wildman–Crippen MR) is 121 cm³/mol. The van der Waals surface area contributed by atoms with Crippen LogP contribution < -0.4 is 5.32 Å². The largest absolute Gasteiger partial charge is 0.349 e. The zero-order valence-electron chi connectivity index (χ0n) is 17.1. The number of carbonyl (C=O) groups excluding carboxylic acids is 2. The van der Waals surface area contributed by atoms with E-state index in [0.717, 1.165) is 5.56 Å². The predicted octanol–water partition coefficient (Wildman–Crippen LogP) is 5.15. The average Bonchev–Trinajstić information content (AvgIpc) is 2.79. The highest BCUT2D eigenvalue weighted by atomic mass is 35.5. The highest BCUT2D eigenvalue weighted by Gasteiger charge is 2.38. The van der Waals surface area contributed by atoms with Gasteiger partial charge in [0.25, 0.3) is 11.8 Å². The first kappa shape index (κ1) is 21.6. The lowest BCUT2D eigenvalue weighted by molar-refractivity contribution is 0.0505. The molecular formula is C25H25ClN2O2. The molecule has 3 aromatic rings. The molecule has 0 aliphatic rings. The van der Waals surface area contributed by atoms with Crippen molar-refractivity contribution in [2.24, 2.45) is 0 Å². The Bertz CT molecular complexity index is 1010. The van der Waals surface area contributed by atoms with Gasteiger partial charge in [0.05, 0.1) is 5.54 Å². The fourth-order valence-electron chi connectivity index (χ4n) is 3.63. The van der Waals surface area contributed by atoms with Crippen molar-refractivity contribution in [3.05, 3.63) is 107 Å². The van der Waals surface area contributed by atoms with Gasteiger partial charge in [-0.25, -0.2) is 0 Å². The highest BCUT2D eigenvalue weighted by molar-refractivity contribution is 6.31. The number of nitrogens with one attached hydrogen (secondary N) is 1. The molecule has 0 spiro atoms. The summed E-state index contributed by atoms with van der Waals surface area (Å²) in [5.41, 5.74) is 1.10. The molecule has 3 rings (SSSR count). The first-order valence-corrected chi connectivity index (χ1v) is 10.3. The zero-order valence-corrected chi connectivity index (χ0v) is 17.9. The van der Waals surface area contributed by atoms with Gasteiger partial charge in [-0.2, -0.15) is 0 Å². The Hall–Kier alpha value is -3.11. The molecule has 1 N–H and O–H groups in total. The summed E-state index contributed by atoms with van der Waals surface area (Å²) in [6.45, 7) is 4.53. The molecule has 0 saturated heterocycles. The Morgan fingerprint density at radius 2 is 1.40 bits per heavy atom. The normalized spacial score (nSPS) is 12.6. The van der Waals surface area contributed by atoms with Gasteiger partial charge in [0, 0.05) is 29.2 Å². The Balaban J connectivity index is 1.98. The third-order valence-corrected chi connectivity index (χ3v) is 5.59.